The van der Waals surface area contributed by atoms with Crippen molar-refractivity contribution in [2.24, 2.45) is 0 Å². The molecule has 5 nitrogen and oxygen atoms in total. The van der Waals surface area contributed by atoms with E-state index in [2.05, 4.69) is 21.2 Å². The van der Waals surface area contributed by atoms with Crippen LogP contribution in [-0.2, 0) is 4.79 Å². The number of hydrogen-bond donors (Lipinski definition) is 2. The van der Waals surface area contributed by atoms with Crippen molar-refractivity contribution in [2.45, 2.75) is 26.3 Å². The SMILES string of the molecule is Cc1cc(Br)oc1C(=O)NC(C)(C)C(=O)O. The molecule has 0 atom stereocenters. The van der Waals surface area contributed by atoms with Gasteiger partial charge in [-0.1, -0.05) is 0 Å². The van der Waals surface area contributed by atoms with Crippen LogP contribution in [0.2, 0.25) is 0 Å². The van der Waals surface area contributed by atoms with Crippen molar-refractivity contribution in [3.63, 3.8) is 0 Å². The van der Waals surface area contributed by atoms with E-state index in [-0.39, 0.29) is 5.76 Å². The minimum Gasteiger partial charge on any atom is -0.480 e. The second-order valence-corrected chi connectivity index (χ2v) is 4.73. The molecule has 0 unspecified atom stereocenters. The van der Waals surface area contributed by atoms with Gasteiger partial charge in [0.25, 0.3) is 5.91 Å². The zero-order valence-electron chi connectivity index (χ0n) is 9.13. The van der Waals surface area contributed by atoms with Gasteiger partial charge in [-0.3, -0.25) is 4.79 Å². The summed E-state index contributed by atoms with van der Waals surface area (Å²) >= 11 is 3.10. The summed E-state index contributed by atoms with van der Waals surface area (Å²) in [7, 11) is 0. The number of halogens is 1. The van der Waals surface area contributed by atoms with Crippen LogP contribution in [0, 0.1) is 6.92 Å². The predicted molar refractivity (Wildman–Crippen MR) is 60.3 cm³/mol. The number of hydrogen-bond acceptors (Lipinski definition) is 3. The lowest BCUT2D eigenvalue weighted by Gasteiger charge is -2.20. The summed E-state index contributed by atoms with van der Waals surface area (Å²) in [5.74, 6) is -1.54. The Kier molecular flexibility index (Phi) is 3.42. The van der Waals surface area contributed by atoms with E-state index in [0.29, 0.717) is 10.2 Å². The Labute approximate surface area is 101 Å². The first kappa shape index (κ1) is 12.8. The van der Waals surface area contributed by atoms with Crippen molar-refractivity contribution >= 4 is 27.8 Å². The molecule has 6 heteroatoms. The van der Waals surface area contributed by atoms with Crippen LogP contribution in [0.25, 0.3) is 0 Å². The largest absolute Gasteiger partial charge is 0.480 e. The van der Waals surface area contributed by atoms with Gasteiger partial charge in [0.1, 0.15) is 5.54 Å². The van der Waals surface area contributed by atoms with Crippen molar-refractivity contribution in [1.82, 2.24) is 5.32 Å². The minimum atomic E-state index is -1.33. The number of carbonyl (C=O) groups excluding carboxylic acids is 1. The second kappa shape index (κ2) is 4.29. The average Bonchev–Trinajstić information content (AvgIpc) is 2.44. The van der Waals surface area contributed by atoms with Gasteiger partial charge in [0, 0.05) is 5.56 Å². The molecule has 1 aromatic heterocycles. The maximum absolute atomic E-state index is 11.7. The third kappa shape index (κ3) is 2.63. The summed E-state index contributed by atoms with van der Waals surface area (Å²) in [4.78, 5) is 22.5. The number of amides is 1. The van der Waals surface area contributed by atoms with Crippen LogP contribution in [0.1, 0.15) is 30.0 Å². The molecule has 0 radical (unpaired) electrons. The van der Waals surface area contributed by atoms with Crippen molar-refractivity contribution in [3.05, 3.63) is 22.1 Å². The third-order valence-electron chi connectivity index (χ3n) is 2.05. The second-order valence-electron chi connectivity index (χ2n) is 3.95. The lowest BCUT2D eigenvalue weighted by atomic mass is 10.1. The van der Waals surface area contributed by atoms with Crippen LogP contribution in [-0.4, -0.2) is 22.5 Å². The van der Waals surface area contributed by atoms with Gasteiger partial charge in [-0.15, -0.1) is 0 Å². The number of carbonyl (C=O) groups is 2. The maximum Gasteiger partial charge on any atom is 0.328 e. The van der Waals surface area contributed by atoms with E-state index in [1.54, 1.807) is 13.0 Å². The molecule has 2 N–H and O–H groups in total. The molecule has 0 fully saturated rings. The van der Waals surface area contributed by atoms with E-state index < -0.39 is 17.4 Å². The van der Waals surface area contributed by atoms with E-state index in [4.69, 9.17) is 9.52 Å². The number of nitrogens with one attached hydrogen (secondary N) is 1. The zero-order valence-corrected chi connectivity index (χ0v) is 10.7. The number of furan rings is 1. The standard InChI is InChI=1S/C10H12BrNO4/c1-5-4-6(11)16-7(5)8(13)12-10(2,3)9(14)15/h4H,1-3H3,(H,12,13)(H,14,15). The summed E-state index contributed by atoms with van der Waals surface area (Å²) in [6, 6.07) is 1.64. The first-order chi connectivity index (χ1) is 7.24. The summed E-state index contributed by atoms with van der Waals surface area (Å²) < 4.78 is 5.55. The summed E-state index contributed by atoms with van der Waals surface area (Å²) in [5, 5.41) is 11.2. The van der Waals surface area contributed by atoms with Gasteiger partial charge in [0.05, 0.1) is 0 Å². The highest BCUT2D eigenvalue weighted by Crippen LogP contribution is 2.20. The first-order valence-corrected chi connectivity index (χ1v) is 5.35. The monoisotopic (exact) mass is 289 g/mol. The number of aryl methyl sites for hydroxylation is 1. The Morgan fingerprint density at radius 2 is 2.06 bits per heavy atom. The fourth-order valence-electron chi connectivity index (χ4n) is 1.06. The number of aliphatic carboxylic acids is 1. The predicted octanol–water partition coefficient (Wildman–Crippen LogP) is 1.94. The third-order valence-corrected chi connectivity index (χ3v) is 2.45. The summed E-state index contributed by atoms with van der Waals surface area (Å²) in [6.45, 7) is 4.51. The van der Waals surface area contributed by atoms with Gasteiger partial charge < -0.3 is 14.8 Å². The van der Waals surface area contributed by atoms with Gasteiger partial charge in [0.15, 0.2) is 10.4 Å². The van der Waals surface area contributed by atoms with Crippen molar-refractivity contribution in [1.29, 1.82) is 0 Å². The van der Waals surface area contributed by atoms with Gasteiger partial charge in [0.2, 0.25) is 0 Å². The molecule has 1 amide bonds. The topological polar surface area (TPSA) is 79.5 Å². The maximum atomic E-state index is 11.7. The fraction of sp³-hybridized carbons (Fsp3) is 0.400. The van der Waals surface area contributed by atoms with Crippen molar-refractivity contribution < 1.29 is 19.1 Å². The molecule has 16 heavy (non-hydrogen) atoms. The molecule has 1 rings (SSSR count). The highest BCUT2D eigenvalue weighted by Gasteiger charge is 2.30. The van der Waals surface area contributed by atoms with E-state index in [1.165, 1.54) is 13.8 Å². The Bertz CT molecular complexity index is 436. The molecule has 0 bridgehead atoms. The lowest BCUT2D eigenvalue weighted by Crippen LogP contribution is -2.49. The van der Waals surface area contributed by atoms with Crippen molar-refractivity contribution in [2.75, 3.05) is 0 Å². The molecule has 0 aliphatic heterocycles. The highest BCUT2D eigenvalue weighted by molar-refractivity contribution is 9.10. The zero-order chi connectivity index (χ0) is 12.5. The molecule has 0 aliphatic rings. The Balaban J connectivity index is 2.89. The average molecular weight is 290 g/mol. The molecule has 0 saturated heterocycles. The van der Waals surface area contributed by atoms with Crippen LogP contribution in [0.15, 0.2) is 15.2 Å². The molecular formula is C10H12BrNO4. The highest BCUT2D eigenvalue weighted by atomic mass is 79.9. The molecule has 0 aliphatic carbocycles. The van der Waals surface area contributed by atoms with E-state index in [0.717, 1.165) is 0 Å². The van der Waals surface area contributed by atoms with E-state index in [1.807, 2.05) is 0 Å². The molecule has 0 spiro atoms. The van der Waals surface area contributed by atoms with Gasteiger partial charge >= 0.3 is 5.97 Å². The molecular weight excluding hydrogens is 278 g/mol. The summed E-state index contributed by atoms with van der Waals surface area (Å²) in [6.07, 6.45) is 0. The Hall–Kier alpha value is -1.30. The van der Waals surface area contributed by atoms with Gasteiger partial charge in [-0.05, 0) is 42.8 Å². The van der Waals surface area contributed by atoms with Crippen LogP contribution in [0.3, 0.4) is 0 Å². The van der Waals surface area contributed by atoms with Crippen LogP contribution in [0.4, 0.5) is 0 Å². The van der Waals surface area contributed by atoms with Crippen LogP contribution in [0.5, 0.6) is 0 Å². The smallest absolute Gasteiger partial charge is 0.328 e. The van der Waals surface area contributed by atoms with Crippen LogP contribution >= 0.6 is 15.9 Å². The van der Waals surface area contributed by atoms with Gasteiger partial charge in [-0.25, -0.2) is 4.79 Å². The Morgan fingerprint density at radius 1 is 1.50 bits per heavy atom. The quantitative estimate of drug-likeness (QED) is 0.891. The number of rotatable bonds is 3. The van der Waals surface area contributed by atoms with E-state index >= 15 is 0 Å². The van der Waals surface area contributed by atoms with Crippen LogP contribution < -0.4 is 5.32 Å². The lowest BCUT2D eigenvalue weighted by molar-refractivity contribution is -0.143. The van der Waals surface area contributed by atoms with Crippen molar-refractivity contribution in [3.8, 4) is 0 Å². The van der Waals surface area contributed by atoms with E-state index in [9.17, 15) is 9.59 Å². The number of carboxylic acid groups (broad SMARTS) is 1. The van der Waals surface area contributed by atoms with Gasteiger partial charge in [-0.2, -0.15) is 0 Å². The number of carboxylic acids is 1. The molecule has 88 valence electrons. The Morgan fingerprint density at radius 3 is 2.44 bits per heavy atom. The minimum absolute atomic E-state index is 0.112. The molecule has 0 saturated carbocycles. The summed E-state index contributed by atoms with van der Waals surface area (Å²) in [5.41, 5.74) is -0.687. The first-order valence-electron chi connectivity index (χ1n) is 4.56. The molecule has 1 aromatic rings. The normalized spacial score (nSPS) is 11.2. The fourth-order valence-corrected chi connectivity index (χ4v) is 1.57. The molecule has 0 aromatic carbocycles. The molecule has 1 heterocycles.